The molecule has 116 valence electrons. The van der Waals surface area contributed by atoms with Crippen molar-refractivity contribution < 1.29 is 8.42 Å². The van der Waals surface area contributed by atoms with Crippen molar-refractivity contribution in [3.63, 3.8) is 0 Å². The number of hydrogen-bond donors (Lipinski definition) is 0. The molecule has 0 saturated carbocycles. The Morgan fingerprint density at radius 2 is 2.04 bits per heavy atom. The summed E-state index contributed by atoms with van der Waals surface area (Å²) in [6.07, 6.45) is 4.23. The lowest BCUT2D eigenvalue weighted by Crippen LogP contribution is -1.99. The summed E-state index contributed by atoms with van der Waals surface area (Å²) in [6.45, 7) is 1.99. The summed E-state index contributed by atoms with van der Waals surface area (Å²) >= 11 is 1.45. The molecule has 1 aromatic carbocycles. The molecule has 0 aliphatic heterocycles. The molecule has 3 rings (SSSR count). The molecule has 0 spiro atoms. The Balaban J connectivity index is 2.29. The van der Waals surface area contributed by atoms with E-state index >= 15 is 0 Å². The average Bonchev–Trinajstić information content (AvgIpc) is 3.06. The van der Waals surface area contributed by atoms with Crippen LogP contribution >= 0.6 is 11.3 Å². The average molecular weight is 343 g/mol. The number of imidazole rings is 1. The Kier molecular flexibility index (Phi) is 3.80. The van der Waals surface area contributed by atoms with E-state index in [1.54, 1.807) is 10.5 Å². The minimum absolute atomic E-state index is 0.279. The number of nitriles is 1. The van der Waals surface area contributed by atoms with Gasteiger partial charge >= 0.3 is 0 Å². The third-order valence-electron chi connectivity index (χ3n) is 3.40. The van der Waals surface area contributed by atoms with Gasteiger partial charge in [0.15, 0.2) is 14.8 Å². The van der Waals surface area contributed by atoms with Crippen molar-refractivity contribution in [1.82, 2.24) is 9.38 Å². The number of aromatic nitrogens is 2. The lowest BCUT2D eigenvalue weighted by molar-refractivity contribution is 0.609. The highest BCUT2D eigenvalue weighted by atomic mass is 32.2. The smallest absolute Gasteiger partial charge is 0.194 e. The van der Waals surface area contributed by atoms with Gasteiger partial charge in [-0.15, -0.1) is 11.3 Å². The van der Waals surface area contributed by atoms with E-state index in [9.17, 15) is 8.42 Å². The number of aryl methyl sites for hydroxylation is 1. The van der Waals surface area contributed by atoms with Gasteiger partial charge in [0.2, 0.25) is 0 Å². The SMILES string of the molecule is Cc1ccc(-c2nc3sccn3c2C=C(C#N)S(C)(=O)=O)cc1. The van der Waals surface area contributed by atoms with Gasteiger partial charge in [0.05, 0.1) is 11.4 Å². The van der Waals surface area contributed by atoms with Gasteiger partial charge in [-0.2, -0.15) is 5.26 Å². The first-order chi connectivity index (χ1) is 10.9. The second-order valence-corrected chi connectivity index (χ2v) is 8.02. The van der Waals surface area contributed by atoms with Gasteiger partial charge in [0.25, 0.3) is 0 Å². The van der Waals surface area contributed by atoms with Gasteiger partial charge in [-0.05, 0) is 13.0 Å². The largest absolute Gasteiger partial charge is 0.290 e. The van der Waals surface area contributed by atoms with E-state index < -0.39 is 9.84 Å². The summed E-state index contributed by atoms with van der Waals surface area (Å²) in [5, 5.41) is 11.0. The summed E-state index contributed by atoms with van der Waals surface area (Å²) in [5.74, 6) is 0. The minimum atomic E-state index is -3.59. The molecule has 0 radical (unpaired) electrons. The third-order valence-corrected chi connectivity index (χ3v) is 5.17. The van der Waals surface area contributed by atoms with Crippen LogP contribution in [0.4, 0.5) is 0 Å². The summed E-state index contributed by atoms with van der Waals surface area (Å²) < 4.78 is 25.3. The second kappa shape index (κ2) is 5.65. The summed E-state index contributed by atoms with van der Waals surface area (Å²) in [4.78, 5) is 5.04. The predicted octanol–water partition coefficient (Wildman–Crippen LogP) is 3.28. The van der Waals surface area contributed by atoms with Gasteiger partial charge in [0, 0.05) is 23.4 Å². The van der Waals surface area contributed by atoms with Crippen LogP contribution in [-0.4, -0.2) is 24.1 Å². The Hall–Kier alpha value is -2.43. The topological polar surface area (TPSA) is 75.2 Å². The van der Waals surface area contributed by atoms with E-state index in [4.69, 9.17) is 5.26 Å². The molecule has 2 aromatic heterocycles. The Morgan fingerprint density at radius 1 is 1.35 bits per heavy atom. The van der Waals surface area contributed by atoms with E-state index in [-0.39, 0.29) is 4.91 Å². The molecule has 0 bridgehead atoms. The van der Waals surface area contributed by atoms with E-state index in [1.165, 1.54) is 17.4 Å². The zero-order chi connectivity index (χ0) is 16.6. The Bertz CT molecular complexity index is 1050. The minimum Gasteiger partial charge on any atom is -0.290 e. The molecular formula is C16H13N3O2S2. The van der Waals surface area contributed by atoms with E-state index in [2.05, 4.69) is 4.98 Å². The van der Waals surface area contributed by atoms with Crippen LogP contribution in [-0.2, 0) is 9.84 Å². The second-order valence-electron chi connectivity index (χ2n) is 5.16. The quantitative estimate of drug-likeness (QED) is 0.684. The van der Waals surface area contributed by atoms with E-state index in [0.29, 0.717) is 11.4 Å². The van der Waals surface area contributed by atoms with Crippen LogP contribution in [0, 0.1) is 18.3 Å². The monoisotopic (exact) mass is 343 g/mol. The molecule has 23 heavy (non-hydrogen) atoms. The van der Waals surface area contributed by atoms with Crippen LogP contribution in [0.15, 0.2) is 40.7 Å². The zero-order valence-electron chi connectivity index (χ0n) is 12.5. The number of benzene rings is 1. The lowest BCUT2D eigenvalue weighted by Gasteiger charge is -2.02. The number of fused-ring (bicyclic) bond motifs is 1. The van der Waals surface area contributed by atoms with Gasteiger partial charge in [0.1, 0.15) is 11.0 Å². The van der Waals surface area contributed by atoms with Crippen LogP contribution < -0.4 is 0 Å². The predicted molar refractivity (Wildman–Crippen MR) is 91.7 cm³/mol. The van der Waals surface area contributed by atoms with Crippen LogP contribution in [0.1, 0.15) is 11.3 Å². The van der Waals surface area contributed by atoms with Crippen LogP contribution in [0.2, 0.25) is 0 Å². The number of sulfone groups is 1. The molecule has 0 amide bonds. The Morgan fingerprint density at radius 3 is 2.65 bits per heavy atom. The maximum Gasteiger partial charge on any atom is 0.194 e. The van der Waals surface area contributed by atoms with E-state index in [1.807, 2.05) is 42.8 Å². The fraction of sp³-hybridized carbons (Fsp3) is 0.125. The molecule has 0 N–H and O–H groups in total. The molecule has 7 heteroatoms. The molecule has 2 heterocycles. The fourth-order valence-electron chi connectivity index (χ4n) is 2.21. The Labute approximate surface area is 138 Å². The summed E-state index contributed by atoms with van der Waals surface area (Å²) in [6, 6.07) is 9.57. The van der Waals surface area contributed by atoms with Gasteiger partial charge in [-0.25, -0.2) is 13.4 Å². The summed E-state index contributed by atoms with van der Waals surface area (Å²) in [5.41, 5.74) is 3.25. The molecule has 0 atom stereocenters. The van der Waals surface area contributed by atoms with Crippen molar-refractivity contribution in [3.8, 4) is 17.3 Å². The maximum absolute atomic E-state index is 11.7. The van der Waals surface area contributed by atoms with Gasteiger partial charge < -0.3 is 0 Å². The highest BCUT2D eigenvalue weighted by Gasteiger charge is 2.17. The first kappa shape index (κ1) is 15.5. The molecule has 0 saturated heterocycles. The van der Waals surface area contributed by atoms with Crippen molar-refractivity contribution in [2.24, 2.45) is 0 Å². The van der Waals surface area contributed by atoms with Crippen molar-refractivity contribution in [3.05, 3.63) is 52.0 Å². The molecule has 0 aliphatic rings. The highest BCUT2D eigenvalue weighted by molar-refractivity contribution is 7.95. The molecule has 3 aromatic rings. The van der Waals surface area contributed by atoms with Crippen molar-refractivity contribution >= 4 is 32.2 Å². The highest BCUT2D eigenvalue weighted by Crippen LogP contribution is 2.29. The van der Waals surface area contributed by atoms with Crippen molar-refractivity contribution in [2.75, 3.05) is 6.26 Å². The fourth-order valence-corrected chi connectivity index (χ4v) is 3.42. The maximum atomic E-state index is 11.7. The number of allylic oxidation sites excluding steroid dienone is 1. The number of hydrogen-bond acceptors (Lipinski definition) is 5. The molecule has 0 fully saturated rings. The summed E-state index contributed by atoms with van der Waals surface area (Å²) in [7, 11) is -3.59. The van der Waals surface area contributed by atoms with Gasteiger partial charge in [-0.3, -0.25) is 4.40 Å². The number of thiazole rings is 1. The van der Waals surface area contributed by atoms with Gasteiger partial charge in [-0.1, -0.05) is 29.8 Å². The standard InChI is InChI=1S/C16H13N3O2S2/c1-11-3-5-12(6-4-11)15-14(9-13(10-17)23(2,20)21)19-7-8-22-16(19)18-15/h3-9H,1-2H3. The lowest BCUT2D eigenvalue weighted by atomic mass is 10.1. The molecule has 0 unspecified atom stereocenters. The molecule has 0 aliphatic carbocycles. The first-order valence-corrected chi connectivity index (χ1v) is 9.51. The molecular weight excluding hydrogens is 330 g/mol. The van der Waals surface area contributed by atoms with Crippen LogP contribution in [0.5, 0.6) is 0 Å². The molecule has 5 nitrogen and oxygen atoms in total. The van der Waals surface area contributed by atoms with Crippen molar-refractivity contribution in [2.45, 2.75) is 6.92 Å². The zero-order valence-corrected chi connectivity index (χ0v) is 14.1. The first-order valence-electron chi connectivity index (χ1n) is 6.74. The third kappa shape index (κ3) is 2.91. The van der Waals surface area contributed by atoms with Crippen molar-refractivity contribution in [1.29, 1.82) is 5.26 Å². The number of nitrogens with zero attached hydrogens (tertiary/aromatic N) is 3. The van der Waals surface area contributed by atoms with Crippen LogP contribution in [0.3, 0.4) is 0 Å². The number of rotatable bonds is 3. The normalized spacial score (nSPS) is 12.5. The van der Waals surface area contributed by atoms with Crippen LogP contribution in [0.25, 0.3) is 22.3 Å². The van der Waals surface area contributed by atoms with E-state index in [0.717, 1.165) is 22.3 Å².